The highest BCUT2D eigenvalue weighted by Gasteiger charge is 2.22. The number of aromatic nitrogens is 3. The zero-order valence-electron chi connectivity index (χ0n) is 23.8. The topological polar surface area (TPSA) is 98.6 Å². The fourth-order valence-corrected chi connectivity index (χ4v) is 5.65. The highest BCUT2D eigenvalue weighted by Crippen LogP contribution is 2.38. The molecule has 4 aromatic carbocycles. The summed E-state index contributed by atoms with van der Waals surface area (Å²) in [6.45, 7) is 2.68. The van der Waals surface area contributed by atoms with Crippen LogP contribution < -0.4 is 14.2 Å². The molecule has 0 amide bonds. The number of H-pyrrole nitrogens is 1. The van der Waals surface area contributed by atoms with Gasteiger partial charge in [0.1, 0.15) is 23.8 Å². The van der Waals surface area contributed by atoms with Gasteiger partial charge >= 0.3 is 6.16 Å². The van der Waals surface area contributed by atoms with Crippen LogP contribution >= 0.6 is 11.6 Å². The maximum Gasteiger partial charge on any atom is 0.512 e. The van der Waals surface area contributed by atoms with Crippen LogP contribution in [0.15, 0.2) is 84.9 Å². The van der Waals surface area contributed by atoms with Crippen molar-refractivity contribution in [1.29, 1.82) is 0 Å². The second-order valence-electron chi connectivity index (χ2n) is 10.2. The normalized spacial score (nSPS) is 11.2. The quantitative estimate of drug-likeness (QED) is 0.122. The van der Waals surface area contributed by atoms with E-state index in [0.717, 1.165) is 55.5 Å². The summed E-state index contributed by atoms with van der Waals surface area (Å²) in [4.78, 5) is 14.9. The monoisotopic (exact) mass is 595 g/mol. The third kappa shape index (κ3) is 5.87. The van der Waals surface area contributed by atoms with Crippen molar-refractivity contribution in [3.8, 4) is 28.5 Å². The summed E-state index contributed by atoms with van der Waals surface area (Å²) in [6, 6.07) is 27.2. The molecule has 6 rings (SSSR count). The number of carboxylic acid groups (broad SMARTS) is 1. The molecule has 0 fully saturated rings. The van der Waals surface area contributed by atoms with Crippen molar-refractivity contribution in [2.24, 2.45) is 7.05 Å². The molecule has 8 nitrogen and oxygen atoms in total. The van der Waals surface area contributed by atoms with Gasteiger partial charge in [-0.15, -0.1) is 0 Å². The van der Waals surface area contributed by atoms with Gasteiger partial charge in [-0.1, -0.05) is 72.3 Å². The zero-order chi connectivity index (χ0) is 29.9. The van der Waals surface area contributed by atoms with E-state index >= 15 is 0 Å². The predicted octanol–water partition coefficient (Wildman–Crippen LogP) is 8.33. The number of rotatable bonds is 10. The van der Waals surface area contributed by atoms with E-state index in [2.05, 4.69) is 17.1 Å². The summed E-state index contributed by atoms with van der Waals surface area (Å²) in [5.74, 6) is 1.67. The molecule has 0 aliphatic carbocycles. The first kappa shape index (κ1) is 28.2. The van der Waals surface area contributed by atoms with Crippen molar-refractivity contribution in [2.45, 2.75) is 26.4 Å². The van der Waals surface area contributed by atoms with Crippen LogP contribution in [0.2, 0.25) is 5.02 Å². The summed E-state index contributed by atoms with van der Waals surface area (Å²) in [5, 5.41) is 17.9. The van der Waals surface area contributed by atoms with Gasteiger partial charge in [0.15, 0.2) is 0 Å². The number of aromatic amines is 1. The average Bonchev–Trinajstić information content (AvgIpc) is 3.49. The summed E-state index contributed by atoms with van der Waals surface area (Å²) >= 11 is 6.14. The number of hydrogen-bond acceptors (Lipinski definition) is 5. The van der Waals surface area contributed by atoms with Gasteiger partial charge in [0.2, 0.25) is 5.88 Å². The molecule has 0 radical (unpaired) electrons. The van der Waals surface area contributed by atoms with Crippen molar-refractivity contribution in [2.75, 3.05) is 6.61 Å². The third-order valence-electron chi connectivity index (χ3n) is 7.52. The number of benzene rings is 4. The van der Waals surface area contributed by atoms with E-state index in [1.54, 1.807) is 12.1 Å². The lowest BCUT2D eigenvalue weighted by Crippen LogP contribution is -2.06. The molecule has 0 unspecified atom stereocenters. The number of carbonyl (C=O) groups is 1. The Morgan fingerprint density at radius 1 is 0.977 bits per heavy atom. The number of para-hydroxylation sites is 1. The van der Waals surface area contributed by atoms with Crippen molar-refractivity contribution in [3.05, 3.63) is 107 Å². The Morgan fingerprint density at radius 2 is 1.74 bits per heavy atom. The number of aryl methyl sites for hydroxylation is 2. The first-order valence-electron chi connectivity index (χ1n) is 13.9. The van der Waals surface area contributed by atoms with Crippen molar-refractivity contribution >= 4 is 39.4 Å². The Balaban J connectivity index is 1.29. The van der Waals surface area contributed by atoms with Crippen LogP contribution in [0, 0.1) is 6.92 Å². The second kappa shape index (κ2) is 12.1. The molecule has 0 saturated carbocycles. The molecular weight excluding hydrogens is 566 g/mol. The van der Waals surface area contributed by atoms with E-state index in [1.807, 2.05) is 79.3 Å². The lowest BCUT2D eigenvalue weighted by molar-refractivity contribution is 0.142. The number of nitrogens with one attached hydrogen (secondary N) is 1. The van der Waals surface area contributed by atoms with Crippen LogP contribution in [0.1, 0.15) is 23.4 Å². The van der Waals surface area contributed by atoms with E-state index in [1.165, 1.54) is 0 Å². The number of nitrogens with zero attached hydrogens (tertiary/aromatic N) is 2. The molecule has 9 heteroatoms. The van der Waals surface area contributed by atoms with Crippen molar-refractivity contribution in [1.82, 2.24) is 14.8 Å². The zero-order valence-corrected chi connectivity index (χ0v) is 24.5. The maximum absolute atomic E-state index is 11.6. The minimum Gasteiger partial charge on any atom is -0.493 e. The molecule has 0 aliphatic heterocycles. The SMILES string of the molecule is Cc1c(-c2cccc3c(CCCOc4cccc5ccccc45)c(OC(=O)O)[nH]c23)c(COc2cccc(Cl)c2)nn1C. The molecule has 6 aromatic rings. The molecule has 218 valence electrons. The Bertz CT molecular complexity index is 1940. The number of ether oxygens (including phenoxy) is 3. The van der Waals surface area contributed by atoms with Gasteiger partial charge in [0.05, 0.1) is 12.1 Å². The Hall–Kier alpha value is -4.95. The van der Waals surface area contributed by atoms with Crippen LogP contribution in [0.4, 0.5) is 4.79 Å². The molecule has 43 heavy (non-hydrogen) atoms. The summed E-state index contributed by atoms with van der Waals surface area (Å²) in [7, 11) is 1.89. The Morgan fingerprint density at radius 3 is 2.58 bits per heavy atom. The number of hydrogen-bond donors (Lipinski definition) is 2. The standard InChI is InChI=1S/C34H30ClN3O5/c1-21-31(29(37-38(21)2)20-42-24-12-6-11-23(35)19-24)28-15-7-14-26-27(33(36-32(26)28)43-34(39)40)16-8-18-41-30-17-5-10-22-9-3-4-13-25(22)30/h3-7,9-15,17,19,36H,8,16,18,20H2,1-2H3,(H,39,40). The predicted molar refractivity (Wildman–Crippen MR) is 167 cm³/mol. The van der Waals surface area contributed by atoms with Gasteiger partial charge in [-0.25, -0.2) is 4.79 Å². The smallest absolute Gasteiger partial charge is 0.493 e. The van der Waals surface area contributed by atoms with E-state index in [4.69, 9.17) is 30.9 Å². The van der Waals surface area contributed by atoms with E-state index in [-0.39, 0.29) is 12.5 Å². The van der Waals surface area contributed by atoms with Crippen LogP contribution in [-0.4, -0.2) is 32.6 Å². The van der Waals surface area contributed by atoms with E-state index in [0.29, 0.717) is 30.2 Å². The highest BCUT2D eigenvalue weighted by molar-refractivity contribution is 6.30. The van der Waals surface area contributed by atoms with Crippen LogP contribution in [0.3, 0.4) is 0 Å². The lowest BCUT2D eigenvalue weighted by Gasteiger charge is -2.10. The minimum atomic E-state index is -1.38. The third-order valence-corrected chi connectivity index (χ3v) is 7.75. The van der Waals surface area contributed by atoms with Crippen molar-refractivity contribution in [3.63, 3.8) is 0 Å². The number of fused-ring (bicyclic) bond motifs is 2. The van der Waals surface area contributed by atoms with E-state index in [9.17, 15) is 9.90 Å². The highest BCUT2D eigenvalue weighted by atomic mass is 35.5. The molecule has 0 atom stereocenters. The molecule has 2 N–H and O–H groups in total. The van der Waals surface area contributed by atoms with Crippen LogP contribution in [0.5, 0.6) is 17.4 Å². The summed E-state index contributed by atoms with van der Waals surface area (Å²) < 4.78 is 19.2. The molecule has 0 bridgehead atoms. The molecule has 0 aliphatic rings. The molecule has 0 spiro atoms. The summed E-state index contributed by atoms with van der Waals surface area (Å²) in [5.41, 5.74) is 5.01. The van der Waals surface area contributed by atoms with Crippen LogP contribution in [0.25, 0.3) is 32.8 Å². The first-order chi connectivity index (χ1) is 20.9. The average molecular weight is 596 g/mol. The van der Waals surface area contributed by atoms with E-state index < -0.39 is 6.16 Å². The van der Waals surface area contributed by atoms with Gasteiger partial charge in [0.25, 0.3) is 0 Å². The Kier molecular flexibility index (Phi) is 7.94. The van der Waals surface area contributed by atoms with Gasteiger partial charge in [-0.2, -0.15) is 5.10 Å². The van der Waals surface area contributed by atoms with Gasteiger partial charge in [-0.05, 0) is 49.4 Å². The van der Waals surface area contributed by atoms with Gasteiger partial charge in [-0.3, -0.25) is 4.68 Å². The van der Waals surface area contributed by atoms with Crippen LogP contribution in [-0.2, 0) is 20.1 Å². The molecule has 2 heterocycles. The molecule has 2 aromatic heterocycles. The van der Waals surface area contributed by atoms with Gasteiger partial charge in [0, 0.05) is 45.2 Å². The van der Waals surface area contributed by atoms with Crippen molar-refractivity contribution < 1.29 is 24.1 Å². The minimum absolute atomic E-state index is 0.207. The largest absolute Gasteiger partial charge is 0.512 e. The fraction of sp³-hybridized carbons (Fsp3) is 0.176. The number of halogens is 1. The first-order valence-corrected chi connectivity index (χ1v) is 14.3. The summed E-state index contributed by atoms with van der Waals surface area (Å²) in [6.07, 6.45) is -0.177. The maximum atomic E-state index is 11.6. The molecule has 0 saturated heterocycles. The fourth-order valence-electron chi connectivity index (χ4n) is 5.47. The lowest BCUT2D eigenvalue weighted by atomic mass is 9.99. The molecular formula is C34H30ClN3O5. The second-order valence-corrected chi connectivity index (χ2v) is 10.7. The van der Waals surface area contributed by atoms with Gasteiger partial charge < -0.3 is 24.3 Å². The Labute approximate surface area is 253 Å².